The highest BCUT2D eigenvalue weighted by atomic mass is 16.3. The van der Waals surface area contributed by atoms with E-state index in [0.717, 1.165) is 22.3 Å². The maximum Gasteiger partial charge on any atom is 0.0910 e. The van der Waals surface area contributed by atoms with Crippen molar-refractivity contribution in [3.05, 3.63) is 58.9 Å². The topological polar surface area (TPSA) is 59.1 Å². The molecule has 0 amide bonds. The first-order chi connectivity index (χ1) is 8.88. The average Bonchev–Trinajstić information content (AvgIpc) is 2.31. The van der Waals surface area contributed by atoms with Crippen molar-refractivity contribution in [2.75, 3.05) is 5.73 Å². The Balaban J connectivity index is 2.34. The van der Waals surface area contributed by atoms with E-state index in [0.29, 0.717) is 12.1 Å². The van der Waals surface area contributed by atoms with Crippen LogP contribution in [0.5, 0.6) is 0 Å². The third-order valence-electron chi connectivity index (χ3n) is 3.32. The van der Waals surface area contributed by atoms with E-state index in [9.17, 15) is 5.11 Å². The van der Waals surface area contributed by atoms with E-state index in [1.54, 1.807) is 18.5 Å². The van der Waals surface area contributed by atoms with Crippen LogP contribution >= 0.6 is 0 Å². The van der Waals surface area contributed by atoms with Gasteiger partial charge in [-0.25, -0.2) is 0 Å². The Morgan fingerprint density at radius 2 is 1.84 bits per heavy atom. The number of rotatable bonds is 3. The molecule has 3 N–H and O–H groups in total. The Morgan fingerprint density at radius 3 is 2.42 bits per heavy atom. The molecular weight excluding hydrogens is 236 g/mol. The minimum absolute atomic E-state index is 0.454. The molecule has 3 nitrogen and oxygen atoms in total. The first kappa shape index (κ1) is 13.6. The van der Waals surface area contributed by atoms with Crippen LogP contribution in [0.1, 0.15) is 29.2 Å². The van der Waals surface area contributed by atoms with Gasteiger partial charge in [0.25, 0.3) is 0 Å². The van der Waals surface area contributed by atoms with E-state index in [1.165, 1.54) is 0 Å². The summed E-state index contributed by atoms with van der Waals surface area (Å²) < 4.78 is 0. The molecule has 0 aliphatic rings. The molecule has 0 saturated heterocycles. The van der Waals surface area contributed by atoms with E-state index >= 15 is 0 Å². The number of anilines is 1. The largest absolute Gasteiger partial charge is 0.398 e. The number of nitrogen functional groups attached to an aromatic ring is 1. The number of aliphatic hydroxyl groups is 1. The lowest BCUT2D eigenvalue weighted by atomic mass is 9.87. The lowest BCUT2D eigenvalue weighted by Gasteiger charge is -2.25. The van der Waals surface area contributed by atoms with Crippen molar-refractivity contribution in [1.29, 1.82) is 0 Å². The molecule has 1 atom stereocenters. The molecule has 0 saturated carbocycles. The van der Waals surface area contributed by atoms with Crippen LogP contribution in [-0.4, -0.2) is 10.1 Å². The van der Waals surface area contributed by atoms with Crippen molar-refractivity contribution in [3.8, 4) is 0 Å². The summed E-state index contributed by atoms with van der Waals surface area (Å²) in [7, 11) is 0. The van der Waals surface area contributed by atoms with Crippen molar-refractivity contribution < 1.29 is 5.11 Å². The molecule has 0 fully saturated rings. The summed E-state index contributed by atoms with van der Waals surface area (Å²) in [4.78, 5) is 4.07. The van der Waals surface area contributed by atoms with Gasteiger partial charge >= 0.3 is 0 Å². The SMILES string of the molecule is Cc1cc(C)cc(C(C)(O)Cc2cnccc2N)c1. The fraction of sp³-hybridized carbons (Fsp3) is 0.312. The van der Waals surface area contributed by atoms with Crippen LogP contribution in [0, 0.1) is 13.8 Å². The quantitative estimate of drug-likeness (QED) is 0.887. The zero-order chi connectivity index (χ0) is 14.0. The zero-order valence-corrected chi connectivity index (χ0v) is 11.6. The van der Waals surface area contributed by atoms with Gasteiger partial charge in [-0.05, 0) is 38.0 Å². The van der Waals surface area contributed by atoms with Gasteiger partial charge in [-0.2, -0.15) is 0 Å². The van der Waals surface area contributed by atoms with Crippen molar-refractivity contribution in [2.24, 2.45) is 0 Å². The molecule has 0 aliphatic carbocycles. The smallest absolute Gasteiger partial charge is 0.0910 e. The van der Waals surface area contributed by atoms with Crippen LogP contribution in [0.2, 0.25) is 0 Å². The predicted octanol–water partition coefficient (Wildman–Crippen LogP) is 2.73. The van der Waals surface area contributed by atoms with E-state index in [4.69, 9.17) is 5.73 Å². The maximum absolute atomic E-state index is 10.7. The number of benzene rings is 1. The summed E-state index contributed by atoms with van der Waals surface area (Å²) in [5, 5.41) is 10.7. The number of nitrogens with two attached hydrogens (primary N) is 1. The highest BCUT2D eigenvalue weighted by molar-refractivity contribution is 5.46. The third kappa shape index (κ3) is 3.12. The molecule has 1 aromatic carbocycles. The molecule has 3 heteroatoms. The van der Waals surface area contributed by atoms with Crippen molar-refractivity contribution in [1.82, 2.24) is 4.98 Å². The molecule has 0 bridgehead atoms. The Morgan fingerprint density at radius 1 is 1.21 bits per heavy atom. The van der Waals surface area contributed by atoms with Gasteiger partial charge in [-0.15, -0.1) is 0 Å². The summed E-state index contributed by atoms with van der Waals surface area (Å²) in [5.74, 6) is 0. The monoisotopic (exact) mass is 256 g/mol. The van der Waals surface area contributed by atoms with Crippen LogP contribution in [0.25, 0.3) is 0 Å². The molecule has 1 unspecified atom stereocenters. The number of hydrogen-bond acceptors (Lipinski definition) is 3. The van der Waals surface area contributed by atoms with Crippen LogP contribution in [0.3, 0.4) is 0 Å². The molecule has 19 heavy (non-hydrogen) atoms. The highest BCUT2D eigenvalue weighted by Gasteiger charge is 2.25. The summed E-state index contributed by atoms with van der Waals surface area (Å²) >= 11 is 0. The molecule has 0 radical (unpaired) electrons. The standard InChI is InChI=1S/C16H20N2O/c1-11-6-12(2)8-14(7-11)16(3,19)9-13-10-18-5-4-15(13)17/h4-8,10,19H,9H2,1-3H3,(H2,17,18). The predicted molar refractivity (Wildman–Crippen MR) is 77.8 cm³/mol. The number of aryl methyl sites for hydroxylation is 2. The fourth-order valence-electron chi connectivity index (χ4n) is 2.34. The molecule has 2 aromatic rings. The van der Waals surface area contributed by atoms with Crippen molar-refractivity contribution in [3.63, 3.8) is 0 Å². The Bertz CT molecular complexity index is 571. The van der Waals surface area contributed by atoms with Gasteiger partial charge in [0.1, 0.15) is 0 Å². The highest BCUT2D eigenvalue weighted by Crippen LogP contribution is 2.28. The van der Waals surface area contributed by atoms with Gasteiger partial charge in [-0.3, -0.25) is 4.98 Å². The van der Waals surface area contributed by atoms with Gasteiger partial charge in [0.15, 0.2) is 0 Å². The van der Waals surface area contributed by atoms with Crippen LogP contribution in [0.4, 0.5) is 5.69 Å². The molecule has 0 spiro atoms. The normalized spacial score (nSPS) is 14.1. The van der Waals surface area contributed by atoms with E-state index in [2.05, 4.69) is 11.1 Å². The van der Waals surface area contributed by atoms with E-state index in [-0.39, 0.29) is 0 Å². The third-order valence-corrected chi connectivity index (χ3v) is 3.32. The molecule has 1 heterocycles. The second kappa shape index (κ2) is 5.02. The molecular formula is C16H20N2O. The Labute approximate surface area is 114 Å². The Hall–Kier alpha value is -1.87. The number of aromatic nitrogens is 1. The zero-order valence-electron chi connectivity index (χ0n) is 11.6. The Kier molecular flexibility index (Phi) is 3.58. The minimum Gasteiger partial charge on any atom is -0.398 e. The summed E-state index contributed by atoms with van der Waals surface area (Å²) in [6.07, 6.45) is 3.83. The van der Waals surface area contributed by atoms with Crippen LogP contribution in [-0.2, 0) is 12.0 Å². The van der Waals surface area contributed by atoms with Gasteiger partial charge in [0.05, 0.1) is 5.60 Å². The van der Waals surface area contributed by atoms with Gasteiger partial charge in [0, 0.05) is 24.5 Å². The molecule has 0 aliphatic heterocycles. The number of nitrogens with zero attached hydrogens (tertiary/aromatic N) is 1. The second-order valence-electron chi connectivity index (χ2n) is 5.40. The summed E-state index contributed by atoms with van der Waals surface area (Å²) in [6.45, 7) is 5.88. The van der Waals surface area contributed by atoms with Crippen LogP contribution in [0.15, 0.2) is 36.7 Å². The van der Waals surface area contributed by atoms with Crippen molar-refractivity contribution >= 4 is 5.69 Å². The number of hydrogen-bond donors (Lipinski definition) is 2. The van der Waals surface area contributed by atoms with Gasteiger partial charge in [-0.1, -0.05) is 29.3 Å². The van der Waals surface area contributed by atoms with Crippen LogP contribution < -0.4 is 5.73 Å². The number of pyridine rings is 1. The fourth-order valence-corrected chi connectivity index (χ4v) is 2.34. The maximum atomic E-state index is 10.7. The molecule has 1 aromatic heterocycles. The van der Waals surface area contributed by atoms with E-state index in [1.807, 2.05) is 32.9 Å². The minimum atomic E-state index is -0.950. The van der Waals surface area contributed by atoms with Gasteiger partial charge in [0.2, 0.25) is 0 Å². The molecule has 2 rings (SSSR count). The first-order valence-corrected chi connectivity index (χ1v) is 6.38. The lowest BCUT2D eigenvalue weighted by molar-refractivity contribution is 0.0576. The summed E-state index contributed by atoms with van der Waals surface area (Å²) in [5.41, 5.74) is 9.70. The van der Waals surface area contributed by atoms with Crippen molar-refractivity contribution in [2.45, 2.75) is 32.8 Å². The second-order valence-corrected chi connectivity index (χ2v) is 5.40. The lowest BCUT2D eigenvalue weighted by Crippen LogP contribution is -2.25. The first-order valence-electron chi connectivity index (χ1n) is 6.38. The van der Waals surface area contributed by atoms with E-state index < -0.39 is 5.60 Å². The van der Waals surface area contributed by atoms with Gasteiger partial charge < -0.3 is 10.8 Å². The average molecular weight is 256 g/mol. The summed E-state index contributed by atoms with van der Waals surface area (Å²) in [6, 6.07) is 7.88. The molecule has 100 valence electrons.